The van der Waals surface area contributed by atoms with E-state index in [1.807, 2.05) is 13.8 Å². The largest absolute Gasteiger partial charge is 0.366 e. The summed E-state index contributed by atoms with van der Waals surface area (Å²) in [5, 5.41) is 6.67. The van der Waals surface area contributed by atoms with Crippen molar-refractivity contribution in [1.29, 1.82) is 0 Å². The van der Waals surface area contributed by atoms with E-state index in [0.29, 0.717) is 16.8 Å². The summed E-state index contributed by atoms with van der Waals surface area (Å²) in [5.41, 5.74) is 6.02. The second-order valence-electron chi connectivity index (χ2n) is 5.06. The fourth-order valence-corrected chi connectivity index (χ4v) is 3.08. The number of ether oxygens (including phenoxy) is 3. The quantitative estimate of drug-likeness (QED) is 0.837. The molecule has 2 aliphatic rings. The topological polar surface area (TPSA) is 99.5 Å². The van der Waals surface area contributed by atoms with Gasteiger partial charge in [0, 0.05) is 0 Å². The minimum atomic E-state index is -0.629. The van der Waals surface area contributed by atoms with Crippen LogP contribution in [0.1, 0.15) is 36.1 Å². The first-order chi connectivity index (χ1) is 8.89. The fraction of sp³-hybridized carbons (Fsp3) is 0.636. The van der Waals surface area contributed by atoms with E-state index in [1.54, 1.807) is 0 Å². The lowest BCUT2D eigenvalue weighted by atomic mass is 10.1. The number of carbonyl (C=O) groups is 1. The Hall–Kier alpha value is -0.960. The molecule has 7 nitrogen and oxygen atoms in total. The summed E-state index contributed by atoms with van der Waals surface area (Å²) in [6, 6.07) is 0. The molecule has 3 heterocycles. The third kappa shape index (κ3) is 2.08. The standard InChI is InChI=1S/C11H14BrN3O4/c1-11(2)18-4-3-17-9(8(4)19-11)6-5(12)7(10(13)16)15-14-6/h4,8-9H,3H2,1-2H3,(H2,13,16)(H,14,15). The number of H-pyrrole nitrogens is 1. The molecule has 0 aliphatic carbocycles. The van der Waals surface area contributed by atoms with Crippen LogP contribution in [0.5, 0.6) is 0 Å². The van der Waals surface area contributed by atoms with Gasteiger partial charge in [0.1, 0.15) is 18.3 Å². The first-order valence-corrected chi connectivity index (χ1v) is 6.69. The van der Waals surface area contributed by atoms with Gasteiger partial charge in [-0.15, -0.1) is 0 Å². The summed E-state index contributed by atoms with van der Waals surface area (Å²) in [4.78, 5) is 11.2. The van der Waals surface area contributed by atoms with Gasteiger partial charge in [0.05, 0.1) is 16.8 Å². The maximum Gasteiger partial charge on any atom is 0.270 e. The molecule has 8 heteroatoms. The third-order valence-electron chi connectivity index (χ3n) is 3.21. The molecule has 3 N–H and O–H groups in total. The summed E-state index contributed by atoms with van der Waals surface area (Å²) in [6.07, 6.45) is -0.707. The second kappa shape index (κ2) is 4.27. The highest BCUT2D eigenvalue weighted by Crippen LogP contribution is 2.43. The molecule has 3 atom stereocenters. The van der Waals surface area contributed by atoms with E-state index in [-0.39, 0.29) is 24.0 Å². The highest BCUT2D eigenvalue weighted by Gasteiger charge is 2.51. The zero-order valence-corrected chi connectivity index (χ0v) is 12.1. The van der Waals surface area contributed by atoms with Crippen LogP contribution in [-0.4, -0.2) is 40.7 Å². The zero-order chi connectivity index (χ0) is 13.8. The molecular formula is C11H14BrN3O4. The van der Waals surface area contributed by atoms with Crippen molar-refractivity contribution in [3.63, 3.8) is 0 Å². The van der Waals surface area contributed by atoms with Crippen LogP contribution in [0.25, 0.3) is 0 Å². The van der Waals surface area contributed by atoms with Crippen molar-refractivity contribution < 1.29 is 19.0 Å². The van der Waals surface area contributed by atoms with Gasteiger partial charge in [-0.3, -0.25) is 9.89 Å². The highest BCUT2D eigenvalue weighted by atomic mass is 79.9. The normalized spacial score (nSPS) is 32.5. The Balaban J connectivity index is 1.90. The van der Waals surface area contributed by atoms with Gasteiger partial charge in [-0.05, 0) is 29.8 Å². The number of rotatable bonds is 2. The Morgan fingerprint density at radius 3 is 2.89 bits per heavy atom. The smallest absolute Gasteiger partial charge is 0.270 e. The molecule has 2 saturated heterocycles. The Morgan fingerprint density at radius 2 is 2.26 bits per heavy atom. The molecule has 104 valence electrons. The Morgan fingerprint density at radius 1 is 1.53 bits per heavy atom. The molecule has 1 aromatic heterocycles. The van der Waals surface area contributed by atoms with Gasteiger partial charge in [-0.2, -0.15) is 5.10 Å². The van der Waals surface area contributed by atoms with Gasteiger partial charge in [-0.1, -0.05) is 0 Å². The lowest BCUT2D eigenvalue weighted by Crippen LogP contribution is -2.25. The number of halogens is 1. The molecule has 3 unspecified atom stereocenters. The van der Waals surface area contributed by atoms with Gasteiger partial charge >= 0.3 is 0 Å². The number of nitrogens with two attached hydrogens (primary N) is 1. The number of aromatic amines is 1. The average molecular weight is 332 g/mol. The van der Waals surface area contributed by atoms with E-state index in [1.165, 1.54) is 0 Å². The summed E-state index contributed by atoms with van der Waals surface area (Å²) in [6.45, 7) is 4.16. The third-order valence-corrected chi connectivity index (χ3v) is 4.01. The fourth-order valence-electron chi connectivity index (χ4n) is 2.48. The number of hydrogen-bond donors (Lipinski definition) is 2. The number of nitrogens with zero attached hydrogens (tertiary/aromatic N) is 1. The van der Waals surface area contributed by atoms with Crippen molar-refractivity contribution in [2.75, 3.05) is 6.61 Å². The van der Waals surface area contributed by atoms with E-state index < -0.39 is 11.7 Å². The monoisotopic (exact) mass is 331 g/mol. The maximum absolute atomic E-state index is 11.2. The number of fused-ring (bicyclic) bond motifs is 1. The van der Waals surface area contributed by atoms with Crippen LogP contribution in [-0.2, 0) is 14.2 Å². The van der Waals surface area contributed by atoms with Crippen LogP contribution in [0.3, 0.4) is 0 Å². The molecule has 2 fully saturated rings. The molecule has 1 aromatic rings. The van der Waals surface area contributed by atoms with Gasteiger partial charge in [0.15, 0.2) is 11.5 Å². The number of aromatic nitrogens is 2. The number of primary amides is 1. The summed E-state index contributed by atoms with van der Waals surface area (Å²) in [5.74, 6) is -1.23. The molecule has 0 bridgehead atoms. The molecule has 0 spiro atoms. The maximum atomic E-state index is 11.2. The molecule has 19 heavy (non-hydrogen) atoms. The Kier molecular flexibility index (Phi) is 2.93. The van der Waals surface area contributed by atoms with Gasteiger partial charge in [-0.25, -0.2) is 0 Å². The molecule has 0 aromatic carbocycles. The number of carbonyl (C=O) groups excluding carboxylic acids is 1. The van der Waals surface area contributed by atoms with Crippen molar-refractivity contribution in [3.05, 3.63) is 15.9 Å². The SMILES string of the molecule is CC1(C)OC2COC(c3[nH]nc(C(N)=O)c3Br)C2O1. The number of nitrogens with one attached hydrogen (secondary N) is 1. The molecule has 3 rings (SSSR count). The highest BCUT2D eigenvalue weighted by molar-refractivity contribution is 9.10. The van der Waals surface area contributed by atoms with Crippen LogP contribution in [0.4, 0.5) is 0 Å². The summed E-state index contributed by atoms with van der Waals surface area (Å²) in [7, 11) is 0. The average Bonchev–Trinajstić information content (AvgIpc) is 2.90. The van der Waals surface area contributed by atoms with Crippen LogP contribution in [0.15, 0.2) is 4.47 Å². The minimum Gasteiger partial charge on any atom is -0.366 e. The van der Waals surface area contributed by atoms with Crippen LogP contribution < -0.4 is 5.73 Å². The summed E-state index contributed by atoms with van der Waals surface area (Å²) >= 11 is 3.32. The first kappa shape index (κ1) is 13.0. The molecule has 2 aliphatic heterocycles. The van der Waals surface area contributed by atoms with Crippen molar-refractivity contribution >= 4 is 21.8 Å². The first-order valence-electron chi connectivity index (χ1n) is 5.90. The Labute approximate surface area is 117 Å². The van der Waals surface area contributed by atoms with E-state index in [2.05, 4.69) is 26.1 Å². The number of hydrogen-bond acceptors (Lipinski definition) is 5. The minimum absolute atomic E-state index is 0.118. The van der Waals surface area contributed by atoms with E-state index in [9.17, 15) is 4.79 Å². The lowest BCUT2D eigenvalue weighted by molar-refractivity contribution is -0.176. The van der Waals surface area contributed by atoms with E-state index in [4.69, 9.17) is 19.9 Å². The Bertz CT molecular complexity index is 530. The predicted octanol–water partition coefficient (Wildman–Crippen LogP) is 0.863. The van der Waals surface area contributed by atoms with Crippen LogP contribution in [0.2, 0.25) is 0 Å². The van der Waals surface area contributed by atoms with Crippen molar-refractivity contribution in [1.82, 2.24) is 10.2 Å². The van der Waals surface area contributed by atoms with Crippen LogP contribution in [0, 0.1) is 0 Å². The molecular weight excluding hydrogens is 318 g/mol. The van der Waals surface area contributed by atoms with E-state index in [0.717, 1.165) is 0 Å². The van der Waals surface area contributed by atoms with Crippen molar-refractivity contribution in [3.8, 4) is 0 Å². The van der Waals surface area contributed by atoms with Gasteiger partial charge in [0.2, 0.25) is 0 Å². The predicted molar refractivity (Wildman–Crippen MR) is 67.3 cm³/mol. The van der Waals surface area contributed by atoms with Crippen molar-refractivity contribution in [2.24, 2.45) is 5.73 Å². The van der Waals surface area contributed by atoms with Gasteiger partial charge in [0.25, 0.3) is 5.91 Å². The van der Waals surface area contributed by atoms with Crippen LogP contribution >= 0.6 is 15.9 Å². The summed E-state index contributed by atoms with van der Waals surface area (Å²) < 4.78 is 17.7. The molecule has 1 amide bonds. The second-order valence-corrected chi connectivity index (χ2v) is 5.85. The van der Waals surface area contributed by atoms with E-state index >= 15 is 0 Å². The van der Waals surface area contributed by atoms with Gasteiger partial charge < -0.3 is 19.9 Å². The zero-order valence-electron chi connectivity index (χ0n) is 10.5. The molecule has 0 saturated carbocycles. The van der Waals surface area contributed by atoms with Crippen molar-refractivity contribution in [2.45, 2.75) is 37.9 Å². The number of amides is 1. The molecule has 0 radical (unpaired) electrons. The lowest BCUT2D eigenvalue weighted by Gasteiger charge is -2.21.